The van der Waals surface area contributed by atoms with E-state index >= 15 is 0 Å². The molecule has 0 fully saturated rings. The summed E-state index contributed by atoms with van der Waals surface area (Å²) in [6.45, 7) is 0. The smallest absolute Gasteiger partial charge is 0.444 e. The van der Waals surface area contributed by atoms with Crippen LogP contribution >= 0.6 is 0 Å². The molecule has 0 saturated heterocycles. The van der Waals surface area contributed by atoms with Crippen molar-refractivity contribution >= 4 is 11.6 Å². The fraction of sp³-hybridized carbons (Fsp3) is 0.0588. The summed E-state index contributed by atoms with van der Waals surface area (Å²) in [4.78, 5) is 23.8. The molecule has 124 valence electrons. The van der Waals surface area contributed by atoms with Gasteiger partial charge in [-0.3, -0.25) is 4.79 Å². The number of nitriles is 1. The summed E-state index contributed by atoms with van der Waals surface area (Å²) in [5, 5.41) is 15.3. The van der Waals surface area contributed by atoms with Crippen molar-refractivity contribution < 1.29 is 13.9 Å². The van der Waals surface area contributed by atoms with Crippen LogP contribution in [0.3, 0.4) is 0 Å². The normalized spacial score (nSPS) is 10.1. The minimum Gasteiger partial charge on any atom is -0.452 e. The summed E-state index contributed by atoms with van der Waals surface area (Å²) in [6, 6.07) is 14.8. The number of benzene rings is 2. The molecular weight excluding hydrogens is 324 g/mol. The van der Waals surface area contributed by atoms with E-state index in [1.807, 2.05) is 6.07 Å². The predicted octanol–water partition coefficient (Wildman–Crippen LogP) is 1.96. The summed E-state index contributed by atoms with van der Waals surface area (Å²) in [6.07, 6.45) is -0.136. The lowest BCUT2D eigenvalue weighted by Gasteiger charge is -2.06. The molecule has 0 aliphatic rings. The van der Waals surface area contributed by atoms with E-state index in [9.17, 15) is 9.59 Å². The van der Waals surface area contributed by atoms with Crippen LogP contribution in [0.5, 0.6) is 6.08 Å². The van der Waals surface area contributed by atoms with Gasteiger partial charge in [-0.25, -0.2) is 4.79 Å². The minimum atomic E-state index is -0.675. The highest BCUT2D eigenvalue weighted by molar-refractivity contribution is 6.04. The first kappa shape index (κ1) is 16.0. The zero-order chi connectivity index (χ0) is 17.8. The first-order chi connectivity index (χ1) is 12.1. The maximum atomic E-state index is 12.2. The van der Waals surface area contributed by atoms with E-state index in [0.717, 1.165) is 4.68 Å². The summed E-state index contributed by atoms with van der Waals surface area (Å²) >= 11 is 0. The highest BCUT2D eigenvalue weighted by atomic mass is 16.6. The Bertz CT molecular complexity index is 995. The van der Waals surface area contributed by atoms with Crippen LogP contribution in [-0.4, -0.2) is 22.8 Å². The highest BCUT2D eigenvalue weighted by Gasteiger charge is 2.10. The lowest BCUT2D eigenvalue weighted by molar-refractivity contribution is 0.102. The van der Waals surface area contributed by atoms with Gasteiger partial charge in [-0.1, -0.05) is 5.10 Å². The number of carbonyl (C=O) groups excluding carboxylic acids is 1. The van der Waals surface area contributed by atoms with Gasteiger partial charge in [0.2, 0.25) is 0 Å². The lowest BCUT2D eigenvalue weighted by Crippen LogP contribution is -2.14. The molecule has 0 bridgehead atoms. The third kappa shape index (κ3) is 3.40. The minimum absolute atomic E-state index is 0.136. The summed E-state index contributed by atoms with van der Waals surface area (Å²) < 4.78 is 10.6. The Hall–Kier alpha value is -3.86. The molecule has 8 nitrogen and oxygen atoms in total. The van der Waals surface area contributed by atoms with E-state index in [4.69, 9.17) is 14.4 Å². The average Bonchev–Trinajstić information content (AvgIpc) is 3.03. The summed E-state index contributed by atoms with van der Waals surface area (Å²) in [5.74, 6) is -0.983. The molecule has 8 heteroatoms. The zero-order valence-corrected chi connectivity index (χ0v) is 13.1. The van der Waals surface area contributed by atoms with E-state index in [1.165, 1.54) is 7.11 Å². The molecule has 1 heterocycles. The number of carbonyl (C=O) groups is 1. The van der Waals surface area contributed by atoms with Crippen molar-refractivity contribution in [3.8, 4) is 17.8 Å². The van der Waals surface area contributed by atoms with Gasteiger partial charge in [-0.05, 0) is 48.5 Å². The van der Waals surface area contributed by atoms with E-state index in [0.29, 0.717) is 22.5 Å². The van der Waals surface area contributed by atoms with Crippen LogP contribution in [0, 0.1) is 11.3 Å². The molecule has 1 amide bonds. The molecule has 0 aliphatic heterocycles. The molecule has 0 aliphatic carbocycles. The van der Waals surface area contributed by atoms with Gasteiger partial charge in [0.1, 0.15) is 0 Å². The SMILES string of the molecule is COc1nn(-c2ccc(NC(=O)c3ccc(C#N)cc3)cc2)c(=O)o1. The fourth-order valence-corrected chi connectivity index (χ4v) is 2.09. The standard InChI is InChI=1S/C17H12N4O4/c1-24-16-20-21(17(23)25-16)14-8-6-13(7-9-14)19-15(22)12-4-2-11(10-18)3-5-12/h2-9H,1H3,(H,19,22). The zero-order valence-electron chi connectivity index (χ0n) is 13.1. The van der Waals surface area contributed by atoms with Crippen molar-refractivity contribution in [2.75, 3.05) is 12.4 Å². The molecule has 3 rings (SSSR count). The maximum Gasteiger partial charge on any atom is 0.444 e. The Labute approximate surface area is 141 Å². The van der Waals surface area contributed by atoms with Gasteiger partial charge in [0.15, 0.2) is 0 Å². The van der Waals surface area contributed by atoms with E-state index in [-0.39, 0.29) is 12.0 Å². The van der Waals surface area contributed by atoms with Gasteiger partial charge < -0.3 is 14.5 Å². The van der Waals surface area contributed by atoms with Crippen molar-refractivity contribution in [1.82, 2.24) is 9.78 Å². The topological polar surface area (TPSA) is 110 Å². The Balaban J connectivity index is 1.75. The Morgan fingerprint density at radius 3 is 2.44 bits per heavy atom. The first-order valence-electron chi connectivity index (χ1n) is 7.17. The van der Waals surface area contributed by atoms with Gasteiger partial charge in [-0.2, -0.15) is 9.94 Å². The van der Waals surface area contributed by atoms with Crippen molar-refractivity contribution in [2.45, 2.75) is 0 Å². The molecule has 0 unspecified atom stereocenters. The van der Waals surface area contributed by atoms with Crippen molar-refractivity contribution in [3.63, 3.8) is 0 Å². The van der Waals surface area contributed by atoms with Gasteiger partial charge in [0, 0.05) is 11.3 Å². The number of nitrogens with one attached hydrogen (secondary N) is 1. The molecule has 1 aromatic heterocycles. The maximum absolute atomic E-state index is 12.2. The Morgan fingerprint density at radius 2 is 1.88 bits per heavy atom. The highest BCUT2D eigenvalue weighted by Crippen LogP contribution is 2.14. The third-order valence-electron chi connectivity index (χ3n) is 3.35. The van der Waals surface area contributed by atoms with E-state index in [1.54, 1.807) is 48.5 Å². The molecule has 25 heavy (non-hydrogen) atoms. The third-order valence-corrected chi connectivity index (χ3v) is 3.35. The number of ether oxygens (including phenoxy) is 1. The van der Waals surface area contributed by atoms with Crippen molar-refractivity contribution in [3.05, 3.63) is 70.2 Å². The largest absolute Gasteiger partial charge is 0.452 e. The summed E-state index contributed by atoms with van der Waals surface area (Å²) in [7, 11) is 1.34. The average molecular weight is 336 g/mol. The van der Waals surface area contributed by atoms with Crippen molar-refractivity contribution in [1.29, 1.82) is 5.26 Å². The first-order valence-corrected chi connectivity index (χ1v) is 7.17. The molecule has 0 spiro atoms. The Kier molecular flexibility index (Phi) is 4.30. The monoisotopic (exact) mass is 336 g/mol. The molecule has 0 atom stereocenters. The van der Waals surface area contributed by atoms with Crippen LogP contribution in [0.2, 0.25) is 0 Å². The number of anilines is 1. The molecule has 3 aromatic rings. The lowest BCUT2D eigenvalue weighted by atomic mass is 10.1. The number of methoxy groups -OCH3 is 1. The molecule has 2 aromatic carbocycles. The van der Waals surface area contributed by atoms with Crippen LogP contribution < -0.4 is 15.8 Å². The molecule has 1 N–H and O–H groups in total. The quantitative estimate of drug-likeness (QED) is 0.780. The fourth-order valence-electron chi connectivity index (χ4n) is 2.09. The van der Waals surface area contributed by atoms with Crippen LogP contribution in [0.1, 0.15) is 15.9 Å². The number of aromatic nitrogens is 2. The van der Waals surface area contributed by atoms with E-state index < -0.39 is 5.76 Å². The number of amides is 1. The number of rotatable bonds is 4. The second kappa shape index (κ2) is 6.72. The molecular formula is C17H12N4O4. The van der Waals surface area contributed by atoms with Gasteiger partial charge in [0.25, 0.3) is 5.91 Å². The Morgan fingerprint density at radius 1 is 1.20 bits per heavy atom. The second-order valence-corrected chi connectivity index (χ2v) is 4.94. The number of hydrogen-bond acceptors (Lipinski definition) is 6. The molecule has 0 saturated carbocycles. The van der Waals surface area contributed by atoms with E-state index in [2.05, 4.69) is 10.4 Å². The summed E-state index contributed by atoms with van der Waals surface area (Å²) in [5.41, 5.74) is 1.92. The van der Waals surface area contributed by atoms with Crippen LogP contribution in [0.4, 0.5) is 5.69 Å². The van der Waals surface area contributed by atoms with Crippen LogP contribution in [-0.2, 0) is 0 Å². The number of nitrogens with zero attached hydrogens (tertiary/aromatic N) is 3. The van der Waals surface area contributed by atoms with Gasteiger partial charge in [-0.15, -0.1) is 0 Å². The van der Waals surface area contributed by atoms with Crippen molar-refractivity contribution in [2.24, 2.45) is 0 Å². The van der Waals surface area contributed by atoms with Gasteiger partial charge >= 0.3 is 11.8 Å². The van der Waals surface area contributed by atoms with Gasteiger partial charge in [0.05, 0.1) is 24.4 Å². The molecule has 0 radical (unpaired) electrons. The number of hydrogen-bond donors (Lipinski definition) is 1. The second-order valence-electron chi connectivity index (χ2n) is 4.94. The van der Waals surface area contributed by atoms with Crippen LogP contribution in [0.15, 0.2) is 57.7 Å². The predicted molar refractivity (Wildman–Crippen MR) is 87.8 cm³/mol. The van der Waals surface area contributed by atoms with Crippen LogP contribution in [0.25, 0.3) is 5.69 Å².